The van der Waals surface area contributed by atoms with Crippen molar-refractivity contribution in [2.24, 2.45) is 5.92 Å². The van der Waals surface area contributed by atoms with Crippen LogP contribution in [0, 0.1) is 5.92 Å². The molecule has 0 N–H and O–H groups in total. The average molecular weight is 461 g/mol. The van der Waals surface area contributed by atoms with Gasteiger partial charge in [0.25, 0.3) is 0 Å². The largest absolute Gasteiger partial charge is 0.299 e. The third-order valence-corrected chi connectivity index (χ3v) is 6.98. The van der Waals surface area contributed by atoms with Crippen molar-refractivity contribution in [3.8, 4) is 11.1 Å². The number of carbonyl (C=O) groups is 1. The lowest BCUT2D eigenvalue weighted by Gasteiger charge is -2.31. The van der Waals surface area contributed by atoms with Crippen LogP contribution in [0.15, 0.2) is 103 Å². The first-order valence-corrected chi connectivity index (χ1v) is 12.6. The summed E-state index contributed by atoms with van der Waals surface area (Å²) in [6, 6.07) is 33.7. The van der Waals surface area contributed by atoms with Crippen LogP contribution in [-0.2, 0) is 13.0 Å². The topological polar surface area (TPSA) is 33.2 Å². The number of benzene rings is 3. The number of piperidine rings is 1. The zero-order valence-electron chi connectivity index (χ0n) is 20.1. The molecule has 0 spiro atoms. The summed E-state index contributed by atoms with van der Waals surface area (Å²) in [6.45, 7) is 3.11. The Morgan fingerprint density at radius 3 is 2.14 bits per heavy atom. The molecular weight excluding hydrogens is 428 g/mol. The number of hydrogen-bond acceptors (Lipinski definition) is 3. The van der Waals surface area contributed by atoms with Gasteiger partial charge in [0.2, 0.25) is 0 Å². The van der Waals surface area contributed by atoms with Crippen LogP contribution in [0.2, 0.25) is 0 Å². The molecular formula is C32H32N2O. The van der Waals surface area contributed by atoms with Gasteiger partial charge in [0.05, 0.1) is 0 Å². The first kappa shape index (κ1) is 23.2. The van der Waals surface area contributed by atoms with E-state index in [0.29, 0.717) is 18.0 Å². The minimum Gasteiger partial charge on any atom is -0.299 e. The maximum absolute atomic E-state index is 12.9. The van der Waals surface area contributed by atoms with E-state index in [0.717, 1.165) is 44.5 Å². The second-order valence-electron chi connectivity index (χ2n) is 9.63. The first-order chi connectivity index (χ1) is 17.2. The van der Waals surface area contributed by atoms with Crippen molar-refractivity contribution in [2.75, 3.05) is 13.1 Å². The van der Waals surface area contributed by atoms with Crippen molar-refractivity contribution in [3.05, 3.63) is 126 Å². The van der Waals surface area contributed by atoms with Crippen LogP contribution in [0.3, 0.4) is 0 Å². The van der Waals surface area contributed by atoms with Gasteiger partial charge < -0.3 is 0 Å². The van der Waals surface area contributed by atoms with Gasteiger partial charge in [-0.05, 0) is 72.2 Å². The van der Waals surface area contributed by atoms with E-state index in [4.69, 9.17) is 0 Å². The maximum Gasteiger partial charge on any atom is 0.181 e. The molecule has 0 unspecified atom stereocenters. The molecule has 1 aliphatic rings. The SMILES string of the molecule is O=C(CC1CCN(Cc2ccccc2)CC1)c1ccc(Cc2cccc(-c3ccccc3)c2)cn1. The molecule has 4 aromatic rings. The van der Waals surface area contributed by atoms with Crippen LogP contribution >= 0.6 is 0 Å². The van der Waals surface area contributed by atoms with Crippen LogP contribution in [0.25, 0.3) is 11.1 Å². The van der Waals surface area contributed by atoms with E-state index in [-0.39, 0.29) is 5.78 Å². The standard InChI is InChI=1S/C32H32N2O/c35-32(22-25-16-18-34(19-17-25)24-26-8-3-1-4-9-26)31-15-14-28(23-33-31)20-27-10-7-13-30(21-27)29-11-5-2-6-12-29/h1-15,21,23,25H,16-20,22,24H2. The summed E-state index contributed by atoms with van der Waals surface area (Å²) in [7, 11) is 0. The molecule has 0 atom stereocenters. The Kier molecular flexibility index (Phi) is 7.45. The minimum atomic E-state index is 0.170. The summed E-state index contributed by atoms with van der Waals surface area (Å²) < 4.78 is 0. The van der Waals surface area contributed by atoms with E-state index in [1.165, 1.54) is 22.3 Å². The fraction of sp³-hybridized carbons (Fsp3) is 0.250. The summed E-state index contributed by atoms with van der Waals surface area (Å²) in [5.41, 5.74) is 6.77. The van der Waals surface area contributed by atoms with Gasteiger partial charge in [-0.3, -0.25) is 14.7 Å². The van der Waals surface area contributed by atoms with E-state index >= 15 is 0 Å². The lowest BCUT2D eigenvalue weighted by Crippen LogP contribution is -2.34. The molecule has 176 valence electrons. The molecule has 0 radical (unpaired) electrons. The number of pyridine rings is 1. The van der Waals surface area contributed by atoms with Crippen molar-refractivity contribution in [3.63, 3.8) is 0 Å². The molecule has 2 heterocycles. The number of hydrogen-bond donors (Lipinski definition) is 0. The second-order valence-corrected chi connectivity index (χ2v) is 9.63. The van der Waals surface area contributed by atoms with Crippen LogP contribution < -0.4 is 0 Å². The number of likely N-dealkylation sites (tertiary alicyclic amines) is 1. The molecule has 3 aromatic carbocycles. The highest BCUT2D eigenvalue weighted by Gasteiger charge is 2.22. The first-order valence-electron chi connectivity index (χ1n) is 12.6. The van der Waals surface area contributed by atoms with Crippen LogP contribution in [0.4, 0.5) is 0 Å². The Hall–Kier alpha value is -3.56. The summed E-state index contributed by atoms with van der Waals surface area (Å²) in [4.78, 5) is 19.9. The number of Topliss-reactive ketones (excluding diaryl/α,β-unsaturated/α-hetero) is 1. The Morgan fingerprint density at radius 2 is 1.43 bits per heavy atom. The van der Waals surface area contributed by atoms with Crippen molar-refractivity contribution in [1.29, 1.82) is 0 Å². The number of nitrogens with zero attached hydrogens (tertiary/aromatic N) is 2. The lowest BCUT2D eigenvalue weighted by molar-refractivity contribution is 0.0920. The lowest BCUT2D eigenvalue weighted by atomic mass is 9.90. The number of ketones is 1. The zero-order valence-corrected chi connectivity index (χ0v) is 20.1. The van der Waals surface area contributed by atoms with Gasteiger partial charge in [0.1, 0.15) is 5.69 Å². The van der Waals surface area contributed by atoms with E-state index in [2.05, 4.69) is 94.8 Å². The fourth-order valence-corrected chi connectivity index (χ4v) is 4.98. The molecule has 0 aliphatic carbocycles. The summed E-state index contributed by atoms with van der Waals surface area (Å²) in [6.07, 6.45) is 5.43. The van der Waals surface area contributed by atoms with Gasteiger partial charge in [-0.1, -0.05) is 91.0 Å². The Morgan fingerprint density at radius 1 is 0.743 bits per heavy atom. The summed E-state index contributed by atoms with van der Waals surface area (Å²) in [5, 5.41) is 0. The molecule has 3 heteroatoms. The van der Waals surface area contributed by atoms with Crippen LogP contribution in [-0.4, -0.2) is 28.8 Å². The van der Waals surface area contributed by atoms with E-state index in [1.54, 1.807) is 0 Å². The molecule has 3 nitrogen and oxygen atoms in total. The minimum absolute atomic E-state index is 0.170. The molecule has 1 saturated heterocycles. The molecule has 5 rings (SSSR count). The van der Waals surface area contributed by atoms with Gasteiger partial charge in [-0.2, -0.15) is 0 Å². The van der Waals surface area contributed by atoms with Crippen molar-refractivity contribution in [1.82, 2.24) is 9.88 Å². The molecule has 1 fully saturated rings. The monoisotopic (exact) mass is 460 g/mol. The number of rotatable bonds is 8. The van der Waals surface area contributed by atoms with E-state index in [9.17, 15) is 4.79 Å². The van der Waals surface area contributed by atoms with Crippen LogP contribution in [0.5, 0.6) is 0 Å². The summed E-state index contributed by atoms with van der Waals surface area (Å²) >= 11 is 0. The van der Waals surface area contributed by atoms with Gasteiger partial charge >= 0.3 is 0 Å². The molecule has 1 aromatic heterocycles. The third kappa shape index (κ3) is 6.32. The molecule has 1 aliphatic heterocycles. The zero-order chi connectivity index (χ0) is 23.9. The summed E-state index contributed by atoms with van der Waals surface area (Å²) in [5.74, 6) is 0.626. The molecule has 0 bridgehead atoms. The normalized spacial score (nSPS) is 14.6. The average Bonchev–Trinajstić information content (AvgIpc) is 2.91. The fourth-order valence-electron chi connectivity index (χ4n) is 4.98. The second kappa shape index (κ2) is 11.2. The van der Waals surface area contributed by atoms with Crippen molar-refractivity contribution in [2.45, 2.75) is 32.2 Å². The third-order valence-electron chi connectivity index (χ3n) is 6.98. The Labute approximate surface area is 208 Å². The highest BCUT2D eigenvalue weighted by Crippen LogP contribution is 2.24. The van der Waals surface area contributed by atoms with E-state index in [1.807, 2.05) is 18.3 Å². The molecule has 0 saturated carbocycles. The Balaban J connectivity index is 1.13. The van der Waals surface area contributed by atoms with Crippen molar-refractivity contribution >= 4 is 5.78 Å². The number of carbonyl (C=O) groups excluding carboxylic acids is 1. The predicted molar refractivity (Wildman–Crippen MR) is 142 cm³/mol. The van der Waals surface area contributed by atoms with Gasteiger partial charge in [-0.15, -0.1) is 0 Å². The van der Waals surface area contributed by atoms with Gasteiger partial charge in [0, 0.05) is 19.2 Å². The van der Waals surface area contributed by atoms with E-state index < -0.39 is 0 Å². The maximum atomic E-state index is 12.9. The van der Waals surface area contributed by atoms with Gasteiger partial charge in [-0.25, -0.2) is 0 Å². The van der Waals surface area contributed by atoms with Gasteiger partial charge in [0.15, 0.2) is 5.78 Å². The van der Waals surface area contributed by atoms with Crippen LogP contribution in [0.1, 0.15) is 46.4 Å². The highest BCUT2D eigenvalue weighted by molar-refractivity contribution is 5.94. The molecule has 0 amide bonds. The molecule has 35 heavy (non-hydrogen) atoms. The number of aromatic nitrogens is 1. The van der Waals surface area contributed by atoms with Crippen molar-refractivity contribution < 1.29 is 4.79 Å². The smallest absolute Gasteiger partial charge is 0.181 e. The highest BCUT2D eigenvalue weighted by atomic mass is 16.1. The quantitative estimate of drug-likeness (QED) is 0.270. The predicted octanol–water partition coefficient (Wildman–Crippen LogP) is 6.82. The Bertz CT molecular complexity index is 1230.